The Hall–Kier alpha value is -2.13. The second kappa shape index (κ2) is 10.1. The van der Waals surface area contributed by atoms with E-state index in [1.807, 2.05) is 60.7 Å². The number of carbonyl (C=O) groups excluding carboxylic acids is 1. The van der Waals surface area contributed by atoms with Crippen molar-refractivity contribution in [3.63, 3.8) is 0 Å². The summed E-state index contributed by atoms with van der Waals surface area (Å²) in [4.78, 5) is 14.8. The number of benzene rings is 2. The average molecular weight is 355 g/mol. The molecule has 3 nitrogen and oxygen atoms in total. The van der Waals surface area contributed by atoms with Gasteiger partial charge in [0.1, 0.15) is 18.6 Å². The van der Waals surface area contributed by atoms with Gasteiger partial charge in [-0.15, -0.1) is 0 Å². The molecule has 0 radical (unpaired) electrons. The molecule has 0 atom stereocenters. The summed E-state index contributed by atoms with van der Waals surface area (Å²) in [6.45, 7) is 9.85. The predicted octanol–water partition coefficient (Wildman–Crippen LogP) is 3.24. The van der Waals surface area contributed by atoms with Crippen molar-refractivity contribution in [2.24, 2.45) is 0 Å². The Morgan fingerprint density at radius 3 is 1.81 bits per heavy atom. The van der Waals surface area contributed by atoms with E-state index in [0.717, 1.165) is 43.6 Å². The zero-order valence-corrected chi connectivity index (χ0v) is 16.3. The molecule has 2 aromatic rings. The van der Waals surface area contributed by atoms with Crippen LogP contribution in [0.1, 0.15) is 44.7 Å². The fourth-order valence-electron chi connectivity index (χ4n) is 3.63. The number of ether oxygens (including phenoxy) is 1. The maximum Gasteiger partial charge on any atom is 0.321 e. The third-order valence-corrected chi connectivity index (χ3v) is 5.20. The fraction of sp³-hybridized carbons (Fsp3) is 0.435. The Kier molecular flexibility index (Phi) is 7.86. The van der Waals surface area contributed by atoms with Crippen molar-refractivity contribution in [2.45, 2.75) is 39.0 Å². The van der Waals surface area contributed by atoms with Crippen molar-refractivity contribution in [1.29, 1.82) is 0 Å². The van der Waals surface area contributed by atoms with Crippen molar-refractivity contribution in [3.05, 3.63) is 71.8 Å². The van der Waals surface area contributed by atoms with E-state index in [1.54, 1.807) is 0 Å². The molecule has 0 aliphatic rings. The molecule has 0 unspecified atom stereocenters. The van der Waals surface area contributed by atoms with Gasteiger partial charge in [-0.25, -0.2) is 0 Å². The molecule has 0 spiro atoms. The number of nitrogens with one attached hydrogen (secondary N) is 1. The van der Waals surface area contributed by atoms with E-state index >= 15 is 0 Å². The summed E-state index contributed by atoms with van der Waals surface area (Å²) in [6, 6.07) is 20.1. The molecule has 3 heteroatoms. The minimum absolute atomic E-state index is 0.136. The molecule has 140 valence electrons. The van der Waals surface area contributed by atoms with Gasteiger partial charge in [0.2, 0.25) is 0 Å². The smallest absolute Gasteiger partial charge is 0.321 e. The van der Waals surface area contributed by atoms with Crippen molar-refractivity contribution < 1.29 is 14.4 Å². The lowest BCUT2D eigenvalue weighted by molar-refractivity contribution is -0.896. The number of carbonyl (C=O) groups is 1. The normalized spacial score (nSPS) is 11.5. The molecule has 2 rings (SSSR count). The Labute approximate surface area is 158 Å². The third-order valence-electron chi connectivity index (χ3n) is 5.20. The molecular weight excluding hydrogens is 322 g/mol. The SMILES string of the molecule is CCCC(C(=O)OCC[NH+](CC)CC)(c1ccccc1)c1ccccc1. The molecule has 2 aromatic carbocycles. The van der Waals surface area contributed by atoms with Crippen LogP contribution in [0.15, 0.2) is 60.7 Å². The first-order valence-corrected chi connectivity index (χ1v) is 9.80. The molecule has 0 aliphatic carbocycles. The van der Waals surface area contributed by atoms with Crippen molar-refractivity contribution >= 4 is 5.97 Å². The standard InChI is InChI=1S/C23H31NO2/c1-4-17-23(20-13-9-7-10-14-20,21-15-11-8-12-16-21)22(25)26-19-18-24(5-2)6-3/h7-16H,4-6,17-19H2,1-3H3/p+1. The molecule has 0 saturated heterocycles. The van der Waals surface area contributed by atoms with Crippen molar-refractivity contribution in [1.82, 2.24) is 0 Å². The van der Waals surface area contributed by atoms with Crippen LogP contribution in [0.25, 0.3) is 0 Å². The van der Waals surface area contributed by atoms with E-state index in [0.29, 0.717) is 6.61 Å². The number of hydrogen-bond donors (Lipinski definition) is 1. The lowest BCUT2D eigenvalue weighted by Gasteiger charge is -2.32. The van der Waals surface area contributed by atoms with Gasteiger partial charge in [-0.3, -0.25) is 4.79 Å². The van der Waals surface area contributed by atoms with Crippen LogP contribution < -0.4 is 4.90 Å². The largest absolute Gasteiger partial charge is 0.459 e. The second-order valence-electron chi connectivity index (χ2n) is 6.73. The zero-order valence-electron chi connectivity index (χ0n) is 16.3. The van der Waals surface area contributed by atoms with Gasteiger partial charge in [0.15, 0.2) is 0 Å². The van der Waals surface area contributed by atoms with Gasteiger partial charge in [-0.1, -0.05) is 74.0 Å². The maximum atomic E-state index is 13.4. The highest BCUT2D eigenvalue weighted by Gasteiger charge is 2.42. The lowest BCUT2D eigenvalue weighted by Crippen LogP contribution is -3.11. The molecular formula is C23H32NO2+. The van der Waals surface area contributed by atoms with Crippen molar-refractivity contribution in [2.75, 3.05) is 26.2 Å². The summed E-state index contributed by atoms with van der Waals surface area (Å²) in [5.74, 6) is -0.136. The monoisotopic (exact) mass is 354 g/mol. The first kappa shape index (κ1) is 20.2. The van der Waals surface area contributed by atoms with Gasteiger partial charge < -0.3 is 9.64 Å². The van der Waals surface area contributed by atoms with Crippen LogP contribution in [0.2, 0.25) is 0 Å². The van der Waals surface area contributed by atoms with Crippen LogP contribution in [0, 0.1) is 0 Å². The summed E-state index contributed by atoms with van der Waals surface area (Å²) in [7, 11) is 0. The van der Waals surface area contributed by atoms with Gasteiger partial charge in [0.05, 0.1) is 13.1 Å². The number of esters is 1. The summed E-state index contributed by atoms with van der Waals surface area (Å²) >= 11 is 0. The van der Waals surface area contributed by atoms with Crippen molar-refractivity contribution in [3.8, 4) is 0 Å². The van der Waals surface area contributed by atoms with E-state index in [9.17, 15) is 4.79 Å². The third kappa shape index (κ3) is 4.53. The quantitative estimate of drug-likeness (QED) is 0.664. The zero-order chi connectivity index (χ0) is 18.8. The van der Waals surface area contributed by atoms with E-state index in [4.69, 9.17) is 4.74 Å². The molecule has 0 saturated carbocycles. The summed E-state index contributed by atoms with van der Waals surface area (Å²) < 4.78 is 5.84. The van der Waals surface area contributed by atoms with Gasteiger partial charge in [-0.2, -0.15) is 0 Å². The van der Waals surface area contributed by atoms with E-state index in [2.05, 4.69) is 20.8 Å². The fourth-order valence-corrected chi connectivity index (χ4v) is 3.63. The average Bonchev–Trinajstić information content (AvgIpc) is 2.70. The van der Waals surface area contributed by atoms with Gasteiger partial charge in [0, 0.05) is 0 Å². The molecule has 0 bridgehead atoms. The van der Waals surface area contributed by atoms with Crippen LogP contribution in [-0.4, -0.2) is 32.2 Å². The minimum Gasteiger partial charge on any atom is -0.459 e. The van der Waals surface area contributed by atoms with Crippen LogP contribution in [0.3, 0.4) is 0 Å². The first-order valence-electron chi connectivity index (χ1n) is 9.80. The first-order chi connectivity index (χ1) is 12.7. The molecule has 0 heterocycles. The molecule has 0 amide bonds. The van der Waals surface area contributed by atoms with Gasteiger partial charge >= 0.3 is 5.97 Å². The summed E-state index contributed by atoms with van der Waals surface area (Å²) in [5.41, 5.74) is 1.28. The predicted molar refractivity (Wildman–Crippen MR) is 106 cm³/mol. The highest BCUT2D eigenvalue weighted by Crippen LogP contribution is 2.38. The Balaban J connectivity index is 2.35. The number of rotatable bonds is 10. The summed E-state index contributed by atoms with van der Waals surface area (Å²) in [6.07, 6.45) is 1.64. The highest BCUT2D eigenvalue weighted by atomic mass is 16.5. The van der Waals surface area contributed by atoms with E-state index in [-0.39, 0.29) is 5.97 Å². The molecule has 1 N–H and O–H groups in total. The van der Waals surface area contributed by atoms with Gasteiger partial charge in [0.25, 0.3) is 0 Å². The Morgan fingerprint density at radius 1 is 0.885 bits per heavy atom. The highest BCUT2D eigenvalue weighted by molar-refractivity contribution is 5.87. The summed E-state index contributed by atoms with van der Waals surface area (Å²) in [5, 5.41) is 0. The van der Waals surface area contributed by atoms with Gasteiger partial charge in [-0.05, 0) is 31.4 Å². The Bertz CT molecular complexity index is 611. The van der Waals surface area contributed by atoms with E-state index in [1.165, 1.54) is 4.90 Å². The number of likely N-dealkylation sites (N-methyl/N-ethyl adjacent to an activating group) is 1. The van der Waals surface area contributed by atoms with Crippen LogP contribution in [-0.2, 0) is 14.9 Å². The Morgan fingerprint density at radius 2 is 1.38 bits per heavy atom. The van der Waals surface area contributed by atoms with Crippen LogP contribution >= 0.6 is 0 Å². The topological polar surface area (TPSA) is 30.7 Å². The lowest BCUT2D eigenvalue weighted by atomic mass is 9.71. The minimum atomic E-state index is -0.740. The number of quaternary nitrogens is 1. The molecule has 0 aromatic heterocycles. The maximum absolute atomic E-state index is 13.4. The van der Waals surface area contributed by atoms with Crippen LogP contribution in [0.4, 0.5) is 0 Å². The molecule has 0 fully saturated rings. The molecule has 0 aliphatic heterocycles. The number of hydrogen-bond acceptors (Lipinski definition) is 2. The second-order valence-corrected chi connectivity index (χ2v) is 6.73. The molecule has 26 heavy (non-hydrogen) atoms. The van der Waals surface area contributed by atoms with E-state index < -0.39 is 5.41 Å². The van der Waals surface area contributed by atoms with Crippen LogP contribution in [0.5, 0.6) is 0 Å².